The second kappa shape index (κ2) is 11.0. The number of nitrogens with zero attached hydrogens (tertiary/aromatic N) is 2. The van der Waals surface area contributed by atoms with E-state index in [2.05, 4.69) is 11.1 Å². The van der Waals surface area contributed by atoms with Crippen LogP contribution in [0.5, 0.6) is 0 Å². The average molecular weight is 534 g/mol. The largest absolute Gasteiger partial charge is 0.361 e. The SMILES string of the molecule is Cc1ccccc1C(=O)N(CC(=O)N(CCc1c[nH]c2ccccc12)Cc1ccc(Cl)c(Cl)c1)C1CC1. The van der Waals surface area contributed by atoms with Crippen molar-refractivity contribution in [1.82, 2.24) is 14.8 Å². The van der Waals surface area contributed by atoms with Gasteiger partial charge >= 0.3 is 0 Å². The summed E-state index contributed by atoms with van der Waals surface area (Å²) in [6.45, 7) is 2.87. The van der Waals surface area contributed by atoms with E-state index in [9.17, 15) is 9.59 Å². The van der Waals surface area contributed by atoms with Crippen LogP contribution in [0.4, 0.5) is 0 Å². The van der Waals surface area contributed by atoms with E-state index in [1.54, 1.807) is 17.0 Å². The summed E-state index contributed by atoms with van der Waals surface area (Å²) in [4.78, 5) is 34.1. The quantitative estimate of drug-likeness (QED) is 0.261. The third-order valence-corrected chi connectivity index (χ3v) is 7.70. The van der Waals surface area contributed by atoms with E-state index in [1.807, 2.05) is 66.6 Å². The minimum absolute atomic E-state index is 0.0487. The standard InChI is InChI=1S/C30H29Cl2N3O2/c1-20-6-2-3-7-24(20)30(37)35(23-11-12-23)19-29(36)34(18-21-10-13-26(31)27(32)16-21)15-14-22-17-33-28-9-5-4-8-25(22)28/h2-10,13,16-17,23,33H,11-12,14-15,18-19H2,1H3. The number of carbonyl (C=O) groups excluding carboxylic acids is 2. The normalized spacial score (nSPS) is 13.1. The maximum absolute atomic E-state index is 13.8. The first-order valence-electron chi connectivity index (χ1n) is 12.5. The van der Waals surface area contributed by atoms with Gasteiger partial charge in [-0.2, -0.15) is 0 Å². The molecule has 2 amide bonds. The zero-order chi connectivity index (χ0) is 25.9. The van der Waals surface area contributed by atoms with E-state index in [0.29, 0.717) is 35.1 Å². The molecule has 4 aromatic rings. The second-order valence-electron chi connectivity index (χ2n) is 9.65. The first-order chi connectivity index (χ1) is 17.9. The number of carbonyl (C=O) groups is 2. The molecule has 1 aliphatic carbocycles. The van der Waals surface area contributed by atoms with Crippen LogP contribution in [0.15, 0.2) is 72.9 Å². The highest BCUT2D eigenvalue weighted by Gasteiger charge is 2.35. The zero-order valence-corrected chi connectivity index (χ0v) is 22.2. The number of amides is 2. The number of benzene rings is 3. The first kappa shape index (κ1) is 25.4. The molecule has 190 valence electrons. The van der Waals surface area contributed by atoms with Crippen molar-refractivity contribution in [3.05, 3.63) is 105 Å². The summed E-state index contributed by atoms with van der Waals surface area (Å²) in [5.41, 5.74) is 4.68. The minimum Gasteiger partial charge on any atom is -0.361 e. The maximum Gasteiger partial charge on any atom is 0.254 e. The van der Waals surface area contributed by atoms with Crippen LogP contribution >= 0.6 is 23.2 Å². The lowest BCUT2D eigenvalue weighted by Gasteiger charge is -2.28. The van der Waals surface area contributed by atoms with Crippen LogP contribution in [-0.4, -0.2) is 45.7 Å². The van der Waals surface area contributed by atoms with Gasteiger partial charge in [-0.05, 0) is 67.1 Å². The van der Waals surface area contributed by atoms with Crippen LogP contribution in [0.2, 0.25) is 10.0 Å². The van der Waals surface area contributed by atoms with Crippen molar-refractivity contribution in [2.75, 3.05) is 13.1 Å². The Morgan fingerprint density at radius 2 is 1.73 bits per heavy atom. The monoisotopic (exact) mass is 533 g/mol. The Bertz CT molecular complexity index is 1440. The van der Waals surface area contributed by atoms with Gasteiger partial charge in [-0.1, -0.05) is 65.7 Å². The van der Waals surface area contributed by atoms with Crippen LogP contribution in [0.3, 0.4) is 0 Å². The second-order valence-corrected chi connectivity index (χ2v) is 10.5. The van der Waals surface area contributed by atoms with Crippen molar-refractivity contribution in [1.29, 1.82) is 0 Å². The lowest BCUT2D eigenvalue weighted by atomic mass is 10.1. The van der Waals surface area contributed by atoms with Crippen LogP contribution in [0.1, 0.15) is 39.9 Å². The summed E-state index contributed by atoms with van der Waals surface area (Å²) >= 11 is 12.4. The lowest BCUT2D eigenvalue weighted by Crippen LogP contribution is -2.44. The molecule has 1 aromatic heterocycles. The molecule has 0 bridgehead atoms. The fourth-order valence-corrected chi connectivity index (χ4v) is 5.03. The van der Waals surface area contributed by atoms with Gasteiger partial charge < -0.3 is 14.8 Å². The summed E-state index contributed by atoms with van der Waals surface area (Å²) in [5.74, 6) is -0.167. The van der Waals surface area contributed by atoms with Gasteiger partial charge in [0, 0.05) is 41.8 Å². The summed E-state index contributed by atoms with van der Waals surface area (Å²) in [6, 6.07) is 21.2. The summed E-state index contributed by atoms with van der Waals surface area (Å²) in [5, 5.41) is 2.09. The molecule has 1 saturated carbocycles. The van der Waals surface area contributed by atoms with E-state index in [4.69, 9.17) is 23.2 Å². The number of nitrogens with one attached hydrogen (secondary N) is 1. The molecule has 5 nitrogen and oxygen atoms in total. The van der Waals surface area contributed by atoms with E-state index < -0.39 is 0 Å². The Balaban J connectivity index is 1.37. The van der Waals surface area contributed by atoms with Crippen LogP contribution in [0.25, 0.3) is 10.9 Å². The third kappa shape index (κ3) is 5.84. The molecule has 5 rings (SSSR count). The van der Waals surface area contributed by atoms with Gasteiger partial charge in [-0.25, -0.2) is 0 Å². The number of aromatic nitrogens is 1. The highest BCUT2D eigenvalue weighted by molar-refractivity contribution is 6.42. The van der Waals surface area contributed by atoms with E-state index in [-0.39, 0.29) is 24.4 Å². The molecular formula is C30H29Cl2N3O2. The van der Waals surface area contributed by atoms with E-state index >= 15 is 0 Å². The molecule has 1 heterocycles. The number of fused-ring (bicyclic) bond motifs is 1. The molecule has 7 heteroatoms. The molecule has 1 fully saturated rings. The van der Waals surface area contributed by atoms with Crippen molar-refractivity contribution in [3.63, 3.8) is 0 Å². The van der Waals surface area contributed by atoms with Crippen molar-refractivity contribution in [2.45, 2.75) is 38.8 Å². The van der Waals surface area contributed by atoms with Gasteiger partial charge in [0.1, 0.15) is 6.54 Å². The molecule has 1 N–H and O–H groups in total. The predicted octanol–water partition coefficient (Wildman–Crippen LogP) is 6.66. The Kier molecular flexibility index (Phi) is 7.54. The van der Waals surface area contributed by atoms with Crippen molar-refractivity contribution < 1.29 is 9.59 Å². The fraction of sp³-hybridized carbons (Fsp3) is 0.267. The van der Waals surface area contributed by atoms with E-state index in [0.717, 1.165) is 40.4 Å². The molecule has 0 spiro atoms. The smallest absolute Gasteiger partial charge is 0.254 e. The van der Waals surface area contributed by atoms with Crippen LogP contribution in [-0.2, 0) is 17.8 Å². The molecule has 0 unspecified atom stereocenters. The Hall–Kier alpha value is -3.28. The summed E-state index contributed by atoms with van der Waals surface area (Å²) in [6.07, 6.45) is 4.54. The average Bonchev–Trinajstić information content (AvgIpc) is 3.66. The van der Waals surface area contributed by atoms with Gasteiger partial charge in [-0.3, -0.25) is 9.59 Å². The molecule has 0 radical (unpaired) electrons. The number of halogens is 2. The molecule has 3 aromatic carbocycles. The van der Waals surface area contributed by atoms with Gasteiger partial charge in [0.15, 0.2) is 0 Å². The number of hydrogen-bond acceptors (Lipinski definition) is 2. The minimum atomic E-state index is -0.0836. The van der Waals surface area contributed by atoms with Crippen molar-refractivity contribution in [3.8, 4) is 0 Å². The van der Waals surface area contributed by atoms with Gasteiger partial charge in [0.05, 0.1) is 10.0 Å². The van der Waals surface area contributed by atoms with Crippen molar-refractivity contribution >= 4 is 45.9 Å². The number of para-hydroxylation sites is 1. The Morgan fingerprint density at radius 1 is 0.973 bits per heavy atom. The third-order valence-electron chi connectivity index (χ3n) is 6.97. The molecule has 0 aliphatic heterocycles. The topological polar surface area (TPSA) is 56.4 Å². The summed E-state index contributed by atoms with van der Waals surface area (Å²) in [7, 11) is 0. The number of H-pyrrole nitrogens is 1. The molecule has 0 atom stereocenters. The van der Waals surface area contributed by atoms with Gasteiger partial charge in [-0.15, -0.1) is 0 Å². The number of rotatable bonds is 9. The fourth-order valence-electron chi connectivity index (χ4n) is 4.71. The molecule has 1 aliphatic rings. The Morgan fingerprint density at radius 3 is 2.49 bits per heavy atom. The van der Waals surface area contributed by atoms with Crippen LogP contribution < -0.4 is 0 Å². The zero-order valence-electron chi connectivity index (χ0n) is 20.7. The van der Waals surface area contributed by atoms with Crippen LogP contribution in [0, 0.1) is 6.92 Å². The molecule has 0 saturated heterocycles. The number of aromatic amines is 1. The lowest BCUT2D eigenvalue weighted by molar-refractivity contribution is -0.132. The molecule has 37 heavy (non-hydrogen) atoms. The summed E-state index contributed by atoms with van der Waals surface area (Å²) < 4.78 is 0. The maximum atomic E-state index is 13.8. The molecular weight excluding hydrogens is 505 g/mol. The number of hydrogen-bond donors (Lipinski definition) is 1. The number of aryl methyl sites for hydroxylation is 1. The van der Waals surface area contributed by atoms with Gasteiger partial charge in [0.2, 0.25) is 5.91 Å². The van der Waals surface area contributed by atoms with Gasteiger partial charge in [0.25, 0.3) is 5.91 Å². The highest BCUT2D eigenvalue weighted by Crippen LogP contribution is 2.29. The predicted molar refractivity (Wildman–Crippen MR) is 149 cm³/mol. The Labute approximate surface area is 227 Å². The highest BCUT2D eigenvalue weighted by atomic mass is 35.5. The van der Waals surface area contributed by atoms with E-state index in [1.165, 1.54) is 0 Å². The first-order valence-corrected chi connectivity index (χ1v) is 13.3. The van der Waals surface area contributed by atoms with Crippen molar-refractivity contribution in [2.24, 2.45) is 0 Å².